The summed E-state index contributed by atoms with van der Waals surface area (Å²) in [5, 5.41) is 0.382. The van der Waals surface area contributed by atoms with Gasteiger partial charge >= 0.3 is 5.97 Å². The zero-order valence-corrected chi connectivity index (χ0v) is 11.7. The third-order valence-electron chi connectivity index (χ3n) is 2.51. The van der Waals surface area contributed by atoms with Crippen LogP contribution in [0.4, 0.5) is 0 Å². The number of carbonyl (C=O) groups excluding carboxylic acids is 1. The number of hydrogen-bond acceptors (Lipinski definition) is 5. The highest BCUT2D eigenvalue weighted by Crippen LogP contribution is 2.31. The molecule has 0 saturated heterocycles. The Kier molecular flexibility index (Phi) is 4.42. The number of rotatable bonds is 4. The molecule has 0 radical (unpaired) electrons. The molecule has 0 N–H and O–H groups in total. The van der Waals surface area contributed by atoms with Crippen LogP contribution >= 0.6 is 11.6 Å². The first kappa shape index (κ1) is 14.1. The molecule has 0 aliphatic carbocycles. The molecule has 0 saturated carbocycles. The summed E-state index contributed by atoms with van der Waals surface area (Å²) in [6, 6.07) is 6.45. The van der Waals surface area contributed by atoms with Gasteiger partial charge in [-0.3, -0.25) is 4.98 Å². The number of pyridine rings is 1. The average Bonchev–Trinajstić information content (AvgIpc) is 2.46. The van der Waals surface area contributed by atoms with Gasteiger partial charge in [0.1, 0.15) is 5.56 Å². The summed E-state index contributed by atoms with van der Waals surface area (Å²) in [5.74, 6) is 0.443. The van der Waals surface area contributed by atoms with Crippen molar-refractivity contribution in [3.63, 3.8) is 0 Å². The number of hydrogen-bond donors (Lipinski definition) is 0. The third-order valence-corrected chi connectivity index (χ3v) is 2.72. The van der Waals surface area contributed by atoms with Gasteiger partial charge in [-0.2, -0.15) is 0 Å². The molecule has 0 spiro atoms. The molecule has 0 atom stereocenters. The lowest BCUT2D eigenvalue weighted by Gasteiger charge is -2.11. The van der Waals surface area contributed by atoms with E-state index < -0.39 is 5.97 Å². The summed E-state index contributed by atoms with van der Waals surface area (Å²) in [4.78, 5) is 16.0. The van der Waals surface area contributed by atoms with Crippen LogP contribution in [0.15, 0.2) is 36.7 Å². The molecule has 0 bridgehead atoms. The van der Waals surface area contributed by atoms with Gasteiger partial charge in [0.25, 0.3) is 0 Å². The summed E-state index contributed by atoms with van der Waals surface area (Å²) in [6.45, 7) is 0. The van der Waals surface area contributed by atoms with Crippen LogP contribution in [0.5, 0.6) is 17.2 Å². The lowest BCUT2D eigenvalue weighted by Crippen LogP contribution is -2.10. The second-order valence-electron chi connectivity index (χ2n) is 3.77. The Balaban J connectivity index is 2.30. The molecule has 0 aliphatic heterocycles. The third kappa shape index (κ3) is 3.00. The first-order valence-corrected chi connectivity index (χ1v) is 6.07. The number of nitrogens with zero attached hydrogens (tertiary/aromatic N) is 1. The lowest BCUT2D eigenvalue weighted by atomic mass is 10.2. The van der Waals surface area contributed by atoms with Gasteiger partial charge in [0.05, 0.1) is 25.4 Å². The fourth-order valence-electron chi connectivity index (χ4n) is 1.66. The summed E-state index contributed by atoms with van der Waals surface area (Å²) < 4.78 is 15.5. The largest absolute Gasteiger partial charge is 0.493 e. The van der Waals surface area contributed by atoms with Crippen LogP contribution in [0, 0.1) is 0 Å². The molecule has 0 unspecified atom stereocenters. The van der Waals surface area contributed by atoms with Crippen molar-refractivity contribution in [3.8, 4) is 17.2 Å². The highest BCUT2D eigenvalue weighted by Gasteiger charge is 2.18. The number of halogens is 1. The monoisotopic (exact) mass is 293 g/mol. The minimum Gasteiger partial charge on any atom is -0.493 e. The van der Waals surface area contributed by atoms with Gasteiger partial charge in [0.15, 0.2) is 17.2 Å². The Morgan fingerprint density at radius 1 is 1.20 bits per heavy atom. The second kappa shape index (κ2) is 6.25. The first-order chi connectivity index (χ1) is 9.65. The quantitative estimate of drug-likeness (QED) is 0.811. The summed E-state index contributed by atoms with van der Waals surface area (Å²) in [6.07, 6.45) is 2.85. The average molecular weight is 294 g/mol. The van der Waals surface area contributed by atoms with Crippen molar-refractivity contribution in [1.29, 1.82) is 0 Å². The van der Waals surface area contributed by atoms with Crippen molar-refractivity contribution in [2.24, 2.45) is 0 Å². The molecule has 0 fully saturated rings. The van der Waals surface area contributed by atoms with Gasteiger partial charge in [-0.25, -0.2) is 4.79 Å². The molecule has 2 rings (SSSR count). The topological polar surface area (TPSA) is 57.7 Å². The van der Waals surface area contributed by atoms with E-state index in [1.165, 1.54) is 32.7 Å². The van der Waals surface area contributed by atoms with E-state index in [4.69, 9.17) is 25.8 Å². The SMILES string of the molecule is COc1cccc(C(=O)Oc2cncc(Cl)c2)c1OC. The number of benzene rings is 1. The molecule has 20 heavy (non-hydrogen) atoms. The second-order valence-corrected chi connectivity index (χ2v) is 4.21. The fourth-order valence-corrected chi connectivity index (χ4v) is 1.82. The zero-order chi connectivity index (χ0) is 14.5. The van der Waals surface area contributed by atoms with Crippen LogP contribution in [-0.4, -0.2) is 25.2 Å². The number of ether oxygens (including phenoxy) is 3. The van der Waals surface area contributed by atoms with Crippen molar-refractivity contribution < 1.29 is 19.0 Å². The maximum atomic E-state index is 12.1. The summed E-state index contributed by atoms with van der Waals surface area (Å²) in [7, 11) is 2.95. The van der Waals surface area contributed by atoms with Crippen molar-refractivity contribution in [3.05, 3.63) is 47.2 Å². The van der Waals surface area contributed by atoms with Crippen LogP contribution in [0.25, 0.3) is 0 Å². The van der Waals surface area contributed by atoms with Gasteiger partial charge in [0.2, 0.25) is 0 Å². The van der Waals surface area contributed by atoms with E-state index >= 15 is 0 Å². The maximum absolute atomic E-state index is 12.1. The maximum Gasteiger partial charge on any atom is 0.347 e. The van der Waals surface area contributed by atoms with Gasteiger partial charge in [-0.1, -0.05) is 17.7 Å². The standard InChI is InChI=1S/C14H12ClNO4/c1-18-12-5-3-4-11(13(12)19-2)14(17)20-10-6-9(15)7-16-8-10/h3-8H,1-2H3. The van der Waals surface area contributed by atoms with E-state index in [1.807, 2.05) is 0 Å². The lowest BCUT2D eigenvalue weighted by molar-refractivity contribution is 0.0730. The van der Waals surface area contributed by atoms with Crippen molar-refractivity contribution >= 4 is 17.6 Å². The van der Waals surface area contributed by atoms with Crippen molar-refractivity contribution in [2.75, 3.05) is 14.2 Å². The highest BCUT2D eigenvalue weighted by atomic mass is 35.5. The summed E-state index contributed by atoms with van der Waals surface area (Å²) in [5.41, 5.74) is 0.256. The Hall–Kier alpha value is -2.27. The van der Waals surface area contributed by atoms with Crippen molar-refractivity contribution in [1.82, 2.24) is 4.98 Å². The molecule has 104 valence electrons. The molecule has 1 aromatic carbocycles. The van der Waals surface area contributed by atoms with E-state index in [0.717, 1.165) is 0 Å². The molecule has 1 aromatic heterocycles. The molecule has 0 aliphatic rings. The Morgan fingerprint density at radius 2 is 2.00 bits per heavy atom. The van der Waals surface area contributed by atoms with E-state index in [0.29, 0.717) is 16.5 Å². The number of aromatic nitrogens is 1. The van der Waals surface area contributed by atoms with Gasteiger partial charge < -0.3 is 14.2 Å². The van der Waals surface area contributed by atoms with E-state index in [-0.39, 0.29) is 11.3 Å². The molecular weight excluding hydrogens is 282 g/mol. The molecule has 6 heteroatoms. The van der Waals surface area contributed by atoms with Crippen molar-refractivity contribution in [2.45, 2.75) is 0 Å². The van der Waals surface area contributed by atoms with Crippen LogP contribution < -0.4 is 14.2 Å². The Morgan fingerprint density at radius 3 is 2.65 bits per heavy atom. The van der Waals surface area contributed by atoms with Crippen LogP contribution in [0.1, 0.15) is 10.4 Å². The van der Waals surface area contributed by atoms with Crippen LogP contribution in [-0.2, 0) is 0 Å². The van der Waals surface area contributed by atoms with Gasteiger partial charge in [0, 0.05) is 12.3 Å². The van der Waals surface area contributed by atoms with E-state index in [1.54, 1.807) is 18.2 Å². The zero-order valence-electron chi connectivity index (χ0n) is 10.9. The number of para-hydroxylation sites is 1. The Bertz CT molecular complexity index is 630. The minimum atomic E-state index is -0.579. The first-order valence-electron chi connectivity index (χ1n) is 5.69. The van der Waals surface area contributed by atoms with E-state index in [2.05, 4.69) is 4.98 Å². The van der Waals surface area contributed by atoms with Gasteiger partial charge in [-0.05, 0) is 12.1 Å². The smallest absolute Gasteiger partial charge is 0.347 e. The molecular formula is C14H12ClNO4. The van der Waals surface area contributed by atoms with Gasteiger partial charge in [-0.15, -0.1) is 0 Å². The molecule has 0 amide bonds. The fraction of sp³-hybridized carbons (Fsp3) is 0.143. The molecule has 5 nitrogen and oxygen atoms in total. The number of esters is 1. The minimum absolute atomic E-state index is 0.256. The van der Waals surface area contributed by atoms with E-state index in [9.17, 15) is 4.79 Å². The number of methoxy groups -OCH3 is 2. The predicted octanol–water partition coefficient (Wildman–Crippen LogP) is 2.97. The Labute approximate surface area is 121 Å². The highest BCUT2D eigenvalue weighted by molar-refractivity contribution is 6.30. The predicted molar refractivity (Wildman–Crippen MR) is 73.8 cm³/mol. The number of carbonyl (C=O) groups is 1. The molecule has 2 aromatic rings. The summed E-state index contributed by atoms with van der Waals surface area (Å²) >= 11 is 5.78. The normalized spacial score (nSPS) is 9.95. The molecule has 1 heterocycles. The van der Waals surface area contributed by atoms with Crippen LogP contribution in [0.2, 0.25) is 5.02 Å². The van der Waals surface area contributed by atoms with Crippen LogP contribution in [0.3, 0.4) is 0 Å².